The minimum absolute atomic E-state index is 0.249. The highest BCUT2D eigenvalue weighted by Crippen LogP contribution is 2.29. The third kappa shape index (κ3) is 3.48. The highest BCUT2D eigenvalue weighted by molar-refractivity contribution is 7.89. The summed E-state index contributed by atoms with van der Waals surface area (Å²) >= 11 is 0. The van der Waals surface area contributed by atoms with Crippen LogP contribution in [0, 0.1) is 21.4 Å². The van der Waals surface area contributed by atoms with E-state index in [2.05, 4.69) is 4.72 Å². The van der Waals surface area contributed by atoms with Crippen molar-refractivity contribution in [3.8, 4) is 11.8 Å². The van der Waals surface area contributed by atoms with E-state index in [1.165, 1.54) is 0 Å². The molecule has 0 saturated heterocycles. The molecule has 0 amide bonds. The van der Waals surface area contributed by atoms with Gasteiger partial charge < -0.3 is 5.11 Å². The minimum atomic E-state index is -4.12. The van der Waals surface area contributed by atoms with E-state index in [0.29, 0.717) is 0 Å². The smallest absolute Gasteiger partial charge is 0.312 e. The molecule has 2 N–H and O–H groups in total. The van der Waals surface area contributed by atoms with Gasteiger partial charge in [0.25, 0.3) is 0 Å². The van der Waals surface area contributed by atoms with Crippen LogP contribution in [-0.2, 0) is 10.0 Å². The molecule has 0 aromatic heterocycles. The Kier molecular flexibility index (Phi) is 4.88. The summed E-state index contributed by atoms with van der Waals surface area (Å²) in [5.41, 5.74) is -1.99. The van der Waals surface area contributed by atoms with E-state index in [1.807, 2.05) is 6.07 Å². The number of hydrogen-bond donors (Lipinski definition) is 2. The van der Waals surface area contributed by atoms with E-state index in [1.54, 1.807) is 13.8 Å². The fraction of sp³-hybridized carbons (Fsp3) is 0.417. The lowest BCUT2D eigenvalue weighted by Crippen LogP contribution is -2.46. The number of phenols is 1. The van der Waals surface area contributed by atoms with Crippen LogP contribution in [0.25, 0.3) is 0 Å². The molecule has 0 unspecified atom stereocenters. The van der Waals surface area contributed by atoms with Crippen LogP contribution in [0.15, 0.2) is 23.1 Å². The molecule has 0 fully saturated rings. The van der Waals surface area contributed by atoms with Crippen LogP contribution in [-0.4, -0.2) is 24.0 Å². The molecule has 0 bridgehead atoms. The standard InChI is InChI=1S/C12H15N3O5S/c1-3-12(4-2,8-13)14-21(19,20)9-5-6-11(16)10(7-9)15(17)18/h5-7,14,16H,3-4H2,1-2H3. The molecule has 0 radical (unpaired) electrons. The quantitative estimate of drug-likeness (QED) is 0.606. The second-order valence-electron chi connectivity index (χ2n) is 4.41. The number of nitro groups is 1. The van der Waals surface area contributed by atoms with Crippen LogP contribution in [0.3, 0.4) is 0 Å². The summed E-state index contributed by atoms with van der Waals surface area (Å²) in [6, 6.07) is 4.64. The third-order valence-electron chi connectivity index (χ3n) is 3.20. The zero-order chi connectivity index (χ0) is 16.3. The van der Waals surface area contributed by atoms with Gasteiger partial charge in [-0.1, -0.05) is 13.8 Å². The summed E-state index contributed by atoms with van der Waals surface area (Å²) in [4.78, 5) is 9.47. The minimum Gasteiger partial charge on any atom is -0.502 e. The van der Waals surface area contributed by atoms with Gasteiger partial charge in [-0.15, -0.1) is 0 Å². The predicted molar refractivity (Wildman–Crippen MR) is 74.0 cm³/mol. The van der Waals surface area contributed by atoms with Crippen molar-refractivity contribution >= 4 is 15.7 Å². The second-order valence-corrected chi connectivity index (χ2v) is 6.10. The van der Waals surface area contributed by atoms with Gasteiger partial charge in [-0.3, -0.25) is 10.1 Å². The molecule has 0 atom stereocenters. The topological polar surface area (TPSA) is 133 Å². The van der Waals surface area contributed by atoms with Gasteiger partial charge in [-0.25, -0.2) is 8.42 Å². The Bertz CT molecular complexity index is 689. The Labute approximate surface area is 122 Å². The van der Waals surface area contributed by atoms with Gasteiger partial charge in [-0.2, -0.15) is 9.98 Å². The van der Waals surface area contributed by atoms with Crippen molar-refractivity contribution in [1.29, 1.82) is 5.26 Å². The molecule has 0 heterocycles. The average molecular weight is 313 g/mol. The summed E-state index contributed by atoms with van der Waals surface area (Å²) in [6.45, 7) is 3.32. The molecule has 9 heteroatoms. The van der Waals surface area contributed by atoms with Gasteiger partial charge in [0.2, 0.25) is 10.0 Å². The van der Waals surface area contributed by atoms with Crippen molar-refractivity contribution in [2.75, 3.05) is 0 Å². The molecule has 0 saturated carbocycles. The molecule has 21 heavy (non-hydrogen) atoms. The van der Waals surface area contributed by atoms with Gasteiger partial charge in [-0.05, 0) is 25.0 Å². The van der Waals surface area contributed by atoms with Crippen molar-refractivity contribution < 1.29 is 18.4 Å². The summed E-state index contributed by atoms with van der Waals surface area (Å²) in [5, 5.41) is 29.2. The Balaban J connectivity index is 3.30. The number of benzene rings is 1. The molecule has 0 spiro atoms. The van der Waals surface area contributed by atoms with Crippen LogP contribution in [0.1, 0.15) is 26.7 Å². The summed E-state index contributed by atoms with van der Waals surface area (Å²) in [6.07, 6.45) is 0.499. The Morgan fingerprint density at radius 3 is 2.43 bits per heavy atom. The van der Waals surface area contributed by atoms with Crippen LogP contribution >= 0.6 is 0 Å². The van der Waals surface area contributed by atoms with Gasteiger partial charge in [0, 0.05) is 6.07 Å². The normalized spacial score (nSPS) is 11.9. The second kappa shape index (κ2) is 6.07. The van der Waals surface area contributed by atoms with E-state index < -0.39 is 31.9 Å². The van der Waals surface area contributed by atoms with Crippen molar-refractivity contribution in [3.05, 3.63) is 28.3 Å². The van der Waals surface area contributed by atoms with E-state index in [4.69, 9.17) is 5.26 Å². The fourth-order valence-electron chi connectivity index (χ4n) is 1.71. The van der Waals surface area contributed by atoms with Gasteiger partial charge in [0.05, 0.1) is 15.9 Å². The van der Waals surface area contributed by atoms with Crippen LogP contribution in [0.4, 0.5) is 5.69 Å². The zero-order valence-corrected chi connectivity index (χ0v) is 12.3. The lowest BCUT2D eigenvalue weighted by molar-refractivity contribution is -0.386. The Hall–Kier alpha value is -2.18. The maximum absolute atomic E-state index is 12.2. The maximum Gasteiger partial charge on any atom is 0.312 e. The van der Waals surface area contributed by atoms with Crippen molar-refractivity contribution in [1.82, 2.24) is 4.72 Å². The molecular formula is C12H15N3O5S. The Morgan fingerprint density at radius 1 is 1.43 bits per heavy atom. The predicted octanol–water partition coefficient (Wildman–Crippen LogP) is 1.66. The Morgan fingerprint density at radius 2 is 2.00 bits per heavy atom. The summed E-state index contributed by atoms with van der Waals surface area (Å²) < 4.78 is 26.8. The van der Waals surface area contributed by atoms with Crippen LogP contribution in [0.2, 0.25) is 0 Å². The lowest BCUT2D eigenvalue weighted by atomic mass is 9.97. The number of nitrogens with one attached hydrogen (secondary N) is 1. The number of rotatable bonds is 6. The molecule has 1 rings (SSSR count). The number of phenolic OH excluding ortho intramolecular Hbond substituents is 1. The number of nitro benzene ring substituents is 1. The third-order valence-corrected chi connectivity index (χ3v) is 4.74. The number of nitrogens with zero attached hydrogens (tertiary/aromatic N) is 2. The van der Waals surface area contributed by atoms with Gasteiger partial charge in [0.15, 0.2) is 5.75 Å². The monoisotopic (exact) mass is 313 g/mol. The molecular weight excluding hydrogens is 298 g/mol. The lowest BCUT2D eigenvalue weighted by Gasteiger charge is -2.24. The first-order valence-electron chi connectivity index (χ1n) is 6.14. The fourth-order valence-corrected chi connectivity index (χ4v) is 3.19. The number of sulfonamides is 1. The highest BCUT2D eigenvalue weighted by atomic mass is 32.2. The van der Waals surface area contributed by atoms with Gasteiger partial charge >= 0.3 is 5.69 Å². The van der Waals surface area contributed by atoms with E-state index in [-0.39, 0.29) is 17.7 Å². The van der Waals surface area contributed by atoms with Crippen LogP contribution < -0.4 is 4.72 Å². The average Bonchev–Trinajstić information content (AvgIpc) is 2.44. The van der Waals surface area contributed by atoms with E-state index in [9.17, 15) is 23.6 Å². The van der Waals surface area contributed by atoms with Crippen molar-refractivity contribution in [2.24, 2.45) is 0 Å². The van der Waals surface area contributed by atoms with E-state index >= 15 is 0 Å². The molecule has 0 aliphatic carbocycles. The number of aromatic hydroxyl groups is 1. The number of hydrogen-bond acceptors (Lipinski definition) is 6. The summed E-state index contributed by atoms with van der Waals surface area (Å²) in [5.74, 6) is -0.628. The highest BCUT2D eigenvalue weighted by Gasteiger charge is 2.33. The maximum atomic E-state index is 12.2. The molecule has 1 aromatic carbocycles. The van der Waals surface area contributed by atoms with Gasteiger partial charge in [0.1, 0.15) is 5.54 Å². The zero-order valence-electron chi connectivity index (χ0n) is 11.5. The number of nitriles is 1. The van der Waals surface area contributed by atoms with E-state index in [0.717, 1.165) is 18.2 Å². The molecule has 0 aliphatic heterocycles. The van der Waals surface area contributed by atoms with Crippen LogP contribution in [0.5, 0.6) is 5.75 Å². The largest absolute Gasteiger partial charge is 0.502 e. The molecule has 0 aliphatic rings. The molecule has 114 valence electrons. The first-order valence-corrected chi connectivity index (χ1v) is 7.62. The first kappa shape index (κ1) is 16.9. The van der Waals surface area contributed by atoms with Crippen molar-refractivity contribution in [2.45, 2.75) is 37.1 Å². The summed E-state index contributed by atoms with van der Waals surface area (Å²) in [7, 11) is -4.12. The van der Waals surface area contributed by atoms with Crippen molar-refractivity contribution in [3.63, 3.8) is 0 Å². The first-order chi connectivity index (χ1) is 9.71. The molecule has 1 aromatic rings. The molecule has 8 nitrogen and oxygen atoms in total. The SMILES string of the molecule is CCC(C#N)(CC)NS(=O)(=O)c1ccc(O)c([N+](=O)[O-])c1.